The van der Waals surface area contributed by atoms with E-state index >= 15 is 0 Å². The Labute approximate surface area is 110 Å². The van der Waals surface area contributed by atoms with Gasteiger partial charge in [0.25, 0.3) is 0 Å². The lowest BCUT2D eigenvalue weighted by Crippen LogP contribution is -2.40. The Hall–Kier alpha value is -0.870. The van der Waals surface area contributed by atoms with Crippen molar-refractivity contribution in [2.45, 2.75) is 19.0 Å². The van der Waals surface area contributed by atoms with Crippen LogP contribution in [0.4, 0.5) is 0 Å². The van der Waals surface area contributed by atoms with Gasteiger partial charge in [0.2, 0.25) is 5.91 Å². The number of rotatable bonds is 4. The third-order valence-corrected chi connectivity index (χ3v) is 3.46. The summed E-state index contributed by atoms with van der Waals surface area (Å²) in [6.45, 7) is 2.08. The quantitative estimate of drug-likeness (QED) is 0.798. The van der Waals surface area contributed by atoms with Crippen LogP contribution >= 0.6 is 15.9 Å². The molecule has 92 valence electrons. The molecule has 1 atom stereocenters. The van der Waals surface area contributed by atoms with Crippen LogP contribution in [0.1, 0.15) is 12.0 Å². The molecule has 0 aromatic heterocycles. The number of ether oxygens (including phenoxy) is 1. The molecule has 0 aliphatic carbocycles. The van der Waals surface area contributed by atoms with Gasteiger partial charge >= 0.3 is 0 Å². The predicted octanol–water partition coefficient (Wildman–Crippen LogP) is 2.20. The fraction of sp³-hybridized carbons (Fsp3) is 0.462. The number of amides is 1. The highest BCUT2D eigenvalue weighted by Crippen LogP contribution is 2.16. The Bertz CT molecular complexity index is 363. The number of carbonyl (C=O) groups is 1. The smallest absolute Gasteiger partial charge is 0.233 e. The molecule has 0 bridgehead atoms. The molecule has 0 radical (unpaired) electrons. The summed E-state index contributed by atoms with van der Waals surface area (Å²) in [5.74, 6) is 0.129. The summed E-state index contributed by atoms with van der Waals surface area (Å²) in [6, 6.07) is 10.3. The standard InChI is InChI=1S/C13H16BrNO2/c14-8-13(16)15(12-6-7-17-10-12)9-11-4-2-1-3-5-11/h1-5,12H,6-10H2/t12-/m1/s1. The highest BCUT2D eigenvalue weighted by molar-refractivity contribution is 9.09. The molecule has 3 nitrogen and oxygen atoms in total. The van der Waals surface area contributed by atoms with Gasteiger partial charge in [0.15, 0.2) is 0 Å². The van der Waals surface area contributed by atoms with Crippen molar-refractivity contribution in [3.8, 4) is 0 Å². The van der Waals surface area contributed by atoms with Crippen LogP contribution in [0.3, 0.4) is 0 Å². The number of alkyl halides is 1. The first kappa shape index (κ1) is 12.6. The molecule has 0 unspecified atom stereocenters. The van der Waals surface area contributed by atoms with Crippen molar-refractivity contribution in [1.29, 1.82) is 0 Å². The van der Waals surface area contributed by atoms with Gasteiger partial charge in [-0.1, -0.05) is 46.3 Å². The summed E-state index contributed by atoms with van der Waals surface area (Å²) in [5, 5.41) is 0.371. The zero-order valence-electron chi connectivity index (χ0n) is 9.64. The molecule has 1 aromatic rings. The summed E-state index contributed by atoms with van der Waals surface area (Å²) < 4.78 is 5.36. The van der Waals surface area contributed by atoms with Crippen LogP contribution in [-0.2, 0) is 16.1 Å². The minimum absolute atomic E-state index is 0.129. The highest BCUT2D eigenvalue weighted by Gasteiger charge is 2.26. The molecule has 2 rings (SSSR count). The molecule has 4 heteroatoms. The number of hydrogen-bond donors (Lipinski definition) is 0. The highest BCUT2D eigenvalue weighted by atomic mass is 79.9. The fourth-order valence-electron chi connectivity index (χ4n) is 2.05. The largest absolute Gasteiger partial charge is 0.379 e. The maximum Gasteiger partial charge on any atom is 0.233 e. The summed E-state index contributed by atoms with van der Waals surface area (Å²) in [5.41, 5.74) is 1.16. The number of nitrogens with zero attached hydrogens (tertiary/aromatic N) is 1. The van der Waals surface area contributed by atoms with Crippen molar-refractivity contribution in [3.05, 3.63) is 35.9 Å². The lowest BCUT2D eigenvalue weighted by molar-refractivity contribution is -0.131. The van der Waals surface area contributed by atoms with Gasteiger partial charge in [-0.15, -0.1) is 0 Å². The third-order valence-electron chi connectivity index (χ3n) is 2.98. The van der Waals surface area contributed by atoms with E-state index in [1.807, 2.05) is 35.2 Å². The van der Waals surface area contributed by atoms with Gasteiger partial charge in [0.05, 0.1) is 18.0 Å². The van der Waals surface area contributed by atoms with Crippen LogP contribution in [0.25, 0.3) is 0 Å². The van der Waals surface area contributed by atoms with Gasteiger partial charge in [0, 0.05) is 13.2 Å². The topological polar surface area (TPSA) is 29.5 Å². The molecule has 1 aliphatic heterocycles. The van der Waals surface area contributed by atoms with Gasteiger partial charge in [-0.05, 0) is 12.0 Å². The second kappa shape index (κ2) is 6.17. The van der Waals surface area contributed by atoms with Gasteiger partial charge in [-0.25, -0.2) is 0 Å². The van der Waals surface area contributed by atoms with Gasteiger partial charge in [0.1, 0.15) is 0 Å². The van der Waals surface area contributed by atoms with E-state index in [9.17, 15) is 4.79 Å². The first-order valence-corrected chi connectivity index (χ1v) is 6.90. The third kappa shape index (κ3) is 3.30. The molecule has 1 amide bonds. The second-order valence-corrected chi connectivity index (χ2v) is 4.72. The van der Waals surface area contributed by atoms with Crippen molar-refractivity contribution in [2.24, 2.45) is 0 Å². The normalized spacial score (nSPS) is 19.2. The minimum atomic E-state index is 0.129. The SMILES string of the molecule is O=C(CBr)N(Cc1ccccc1)[C@@H]1CCOC1. The van der Waals surface area contributed by atoms with Crippen molar-refractivity contribution < 1.29 is 9.53 Å². The molecule has 1 aliphatic rings. The summed E-state index contributed by atoms with van der Waals surface area (Å²) in [4.78, 5) is 13.8. The maximum atomic E-state index is 11.9. The summed E-state index contributed by atoms with van der Waals surface area (Å²) >= 11 is 3.24. The molecular weight excluding hydrogens is 282 g/mol. The molecular formula is C13H16BrNO2. The minimum Gasteiger partial charge on any atom is -0.379 e. The first-order chi connectivity index (χ1) is 8.31. The van der Waals surface area contributed by atoms with Crippen LogP contribution in [0, 0.1) is 0 Å². The fourth-order valence-corrected chi connectivity index (χ4v) is 2.37. The van der Waals surface area contributed by atoms with E-state index in [2.05, 4.69) is 15.9 Å². The van der Waals surface area contributed by atoms with Crippen LogP contribution in [0.2, 0.25) is 0 Å². The van der Waals surface area contributed by atoms with Gasteiger partial charge < -0.3 is 9.64 Å². The Morgan fingerprint density at radius 3 is 2.76 bits per heavy atom. The molecule has 1 saturated heterocycles. The van der Waals surface area contributed by atoms with E-state index in [-0.39, 0.29) is 11.9 Å². The van der Waals surface area contributed by atoms with Crippen LogP contribution in [0.15, 0.2) is 30.3 Å². The van der Waals surface area contributed by atoms with E-state index in [1.165, 1.54) is 0 Å². The van der Waals surface area contributed by atoms with Crippen molar-refractivity contribution >= 4 is 21.8 Å². The second-order valence-electron chi connectivity index (χ2n) is 4.16. The Balaban J connectivity index is 2.07. The van der Waals surface area contributed by atoms with Crippen LogP contribution in [-0.4, -0.2) is 35.4 Å². The van der Waals surface area contributed by atoms with Crippen LogP contribution in [0.5, 0.6) is 0 Å². The molecule has 0 saturated carbocycles. The Morgan fingerprint density at radius 2 is 2.18 bits per heavy atom. The van der Waals surface area contributed by atoms with Crippen molar-refractivity contribution in [1.82, 2.24) is 4.90 Å². The average molecular weight is 298 g/mol. The molecule has 0 N–H and O–H groups in total. The molecule has 1 aromatic carbocycles. The Kier molecular flexibility index (Phi) is 4.57. The van der Waals surface area contributed by atoms with E-state index in [1.54, 1.807) is 0 Å². The van der Waals surface area contributed by atoms with E-state index in [0.29, 0.717) is 18.5 Å². The van der Waals surface area contributed by atoms with E-state index < -0.39 is 0 Å². The monoisotopic (exact) mass is 297 g/mol. The van der Waals surface area contributed by atoms with Crippen molar-refractivity contribution in [3.63, 3.8) is 0 Å². The molecule has 17 heavy (non-hydrogen) atoms. The number of halogens is 1. The number of benzene rings is 1. The molecule has 1 heterocycles. The lowest BCUT2D eigenvalue weighted by Gasteiger charge is -2.27. The van der Waals surface area contributed by atoms with Gasteiger partial charge in [-0.2, -0.15) is 0 Å². The lowest BCUT2D eigenvalue weighted by atomic mass is 10.1. The summed E-state index contributed by atoms with van der Waals surface area (Å²) in [6.07, 6.45) is 0.936. The van der Waals surface area contributed by atoms with E-state index in [4.69, 9.17) is 4.74 Å². The first-order valence-electron chi connectivity index (χ1n) is 5.78. The number of hydrogen-bond acceptors (Lipinski definition) is 2. The number of carbonyl (C=O) groups excluding carboxylic acids is 1. The molecule has 0 spiro atoms. The zero-order valence-corrected chi connectivity index (χ0v) is 11.2. The Morgan fingerprint density at radius 1 is 1.41 bits per heavy atom. The molecule has 1 fully saturated rings. The zero-order chi connectivity index (χ0) is 12.1. The predicted molar refractivity (Wildman–Crippen MR) is 70.0 cm³/mol. The summed E-state index contributed by atoms with van der Waals surface area (Å²) in [7, 11) is 0. The van der Waals surface area contributed by atoms with Crippen molar-refractivity contribution in [2.75, 3.05) is 18.5 Å². The van der Waals surface area contributed by atoms with Gasteiger partial charge in [-0.3, -0.25) is 4.79 Å². The average Bonchev–Trinajstić information content (AvgIpc) is 2.90. The van der Waals surface area contributed by atoms with Crippen LogP contribution < -0.4 is 0 Å². The van der Waals surface area contributed by atoms with E-state index in [0.717, 1.165) is 18.6 Å². The maximum absolute atomic E-state index is 11.9.